The summed E-state index contributed by atoms with van der Waals surface area (Å²) in [5.74, 6) is -0.193. The van der Waals surface area contributed by atoms with E-state index < -0.39 is 0 Å². The SMILES string of the molecule is COC(=O)CCc1ccc(C)cc1-n1cccn1. The summed E-state index contributed by atoms with van der Waals surface area (Å²) < 4.78 is 6.48. The molecule has 0 saturated heterocycles. The van der Waals surface area contributed by atoms with E-state index in [1.54, 1.807) is 6.20 Å². The highest BCUT2D eigenvalue weighted by molar-refractivity contribution is 5.69. The zero-order valence-electron chi connectivity index (χ0n) is 10.6. The van der Waals surface area contributed by atoms with Crippen LogP contribution in [0, 0.1) is 6.92 Å². The minimum atomic E-state index is -0.193. The van der Waals surface area contributed by atoms with E-state index in [1.165, 1.54) is 12.7 Å². The van der Waals surface area contributed by atoms with Crippen LogP contribution in [0.1, 0.15) is 17.5 Å². The van der Waals surface area contributed by atoms with Crippen LogP contribution >= 0.6 is 0 Å². The van der Waals surface area contributed by atoms with Gasteiger partial charge in [0.1, 0.15) is 0 Å². The molecule has 0 bridgehead atoms. The van der Waals surface area contributed by atoms with Crippen molar-refractivity contribution in [2.75, 3.05) is 7.11 Å². The molecule has 1 aromatic heterocycles. The van der Waals surface area contributed by atoms with E-state index in [2.05, 4.69) is 15.9 Å². The first-order valence-corrected chi connectivity index (χ1v) is 5.87. The molecule has 2 aromatic rings. The number of nitrogens with zero attached hydrogens (tertiary/aromatic N) is 2. The summed E-state index contributed by atoms with van der Waals surface area (Å²) in [6.07, 6.45) is 4.68. The number of hydrogen-bond acceptors (Lipinski definition) is 3. The molecule has 0 aliphatic carbocycles. The van der Waals surface area contributed by atoms with Gasteiger partial charge in [-0.1, -0.05) is 12.1 Å². The fraction of sp³-hybridized carbons (Fsp3) is 0.286. The maximum atomic E-state index is 11.2. The van der Waals surface area contributed by atoms with Crippen molar-refractivity contribution < 1.29 is 9.53 Å². The molecule has 4 nitrogen and oxygen atoms in total. The van der Waals surface area contributed by atoms with E-state index in [9.17, 15) is 4.79 Å². The molecule has 0 saturated carbocycles. The van der Waals surface area contributed by atoms with Gasteiger partial charge in [0.25, 0.3) is 0 Å². The Morgan fingerprint density at radius 1 is 1.44 bits per heavy atom. The Morgan fingerprint density at radius 2 is 2.28 bits per heavy atom. The molecule has 0 amide bonds. The van der Waals surface area contributed by atoms with Crippen LogP contribution in [0.25, 0.3) is 5.69 Å². The topological polar surface area (TPSA) is 44.1 Å². The summed E-state index contributed by atoms with van der Waals surface area (Å²) in [6.45, 7) is 2.04. The van der Waals surface area contributed by atoms with Gasteiger partial charge < -0.3 is 4.74 Å². The first-order valence-electron chi connectivity index (χ1n) is 5.87. The summed E-state index contributed by atoms with van der Waals surface area (Å²) in [5, 5.41) is 4.24. The number of rotatable bonds is 4. The van der Waals surface area contributed by atoms with Gasteiger partial charge in [-0.3, -0.25) is 4.79 Å². The van der Waals surface area contributed by atoms with Gasteiger partial charge in [-0.15, -0.1) is 0 Å². The molecule has 0 atom stereocenters. The summed E-state index contributed by atoms with van der Waals surface area (Å²) >= 11 is 0. The minimum Gasteiger partial charge on any atom is -0.469 e. The second-order valence-electron chi connectivity index (χ2n) is 4.16. The number of hydrogen-bond donors (Lipinski definition) is 0. The number of methoxy groups -OCH3 is 1. The number of aromatic nitrogens is 2. The number of esters is 1. The lowest BCUT2D eigenvalue weighted by molar-refractivity contribution is -0.140. The molecule has 4 heteroatoms. The molecule has 1 aromatic carbocycles. The number of carbonyl (C=O) groups excluding carboxylic acids is 1. The quantitative estimate of drug-likeness (QED) is 0.775. The van der Waals surface area contributed by atoms with Gasteiger partial charge in [-0.2, -0.15) is 5.10 Å². The first kappa shape index (κ1) is 12.4. The lowest BCUT2D eigenvalue weighted by Crippen LogP contribution is -2.05. The van der Waals surface area contributed by atoms with E-state index in [0.29, 0.717) is 12.8 Å². The van der Waals surface area contributed by atoms with Crippen LogP contribution in [0.2, 0.25) is 0 Å². The van der Waals surface area contributed by atoms with Crippen molar-refractivity contribution in [1.29, 1.82) is 0 Å². The van der Waals surface area contributed by atoms with E-state index in [1.807, 2.05) is 36.0 Å². The predicted octanol–water partition coefficient (Wildman–Crippen LogP) is 2.29. The van der Waals surface area contributed by atoms with Crippen LogP contribution in [0.15, 0.2) is 36.7 Å². The molecule has 0 unspecified atom stereocenters. The van der Waals surface area contributed by atoms with Crippen molar-refractivity contribution in [2.45, 2.75) is 19.8 Å². The molecule has 0 fully saturated rings. The zero-order chi connectivity index (χ0) is 13.0. The van der Waals surface area contributed by atoms with Crippen LogP contribution in [0.3, 0.4) is 0 Å². The van der Waals surface area contributed by atoms with Gasteiger partial charge >= 0.3 is 5.97 Å². The van der Waals surface area contributed by atoms with Gasteiger partial charge in [-0.05, 0) is 36.6 Å². The predicted molar refractivity (Wildman–Crippen MR) is 68.6 cm³/mol. The van der Waals surface area contributed by atoms with Crippen LogP contribution in [0.5, 0.6) is 0 Å². The summed E-state index contributed by atoms with van der Waals surface area (Å²) in [7, 11) is 1.41. The third-order valence-electron chi connectivity index (χ3n) is 2.82. The molecule has 0 spiro atoms. The van der Waals surface area contributed by atoms with Crippen LogP contribution in [-0.4, -0.2) is 22.9 Å². The Bertz CT molecular complexity index is 533. The Kier molecular flexibility index (Phi) is 3.77. The smallest absolute Gasteiger partial charge is 0.305 e. The second-order valence-corrected chi connectivity index (χ2v) is 4.16. The number of carbonyl (C=O) groups is 1. The van der Waals surface area contributed by atoms with Crippen molar-refractivity contribution in [1.82, 2.24) is 9.78 Å². The standard InChI is InChI=1S/C14H16N2O2/c1-11-4-5-12(6-7-14(17)18-2)13(10-11)16-9-3-8-15-16/h3-5,8-10H,6-7H2,1-2H3. The van der Waals surface area contributed by atoms with Crippen molar-refractivity contribution >= 4 is 5.97 Å². The zero-order valence-corrected chi connectivity index (χ0v) is 10.6. The van der Waals surface area contributed by atoms with Gasteiger partial charge in [0, 0.05) is 18.8 Å². The maximum absolute atomic E-state index is 11.2. The Morgan fingerprint density at radius 3 is 2.94 bits per heavy atom. The molecule has 0 aliphatic heterocycles. The lowest BCUT2D eigenvalue weighted by atomic mass is 10.1. The van der Waals surface area contributed by atoms with Gasteiger partial charge in [0.2, 0.25) is 0 Å². The van der Waals surface area contributed by atoms with Crippen LogP contribution in [0.4, 0.5) is 0 Å². The molecule has 0 aliphatic rings. The monoisotopic (exact) mass is 244 g/mol. The van der Waals surface area contributed by atoms with E-state index in [0.717, 1.165) is 11.3 Å². The molecule has 1 heterocycles. The Labute approximate surface area is 106 Å². The van der Waals surface area contributed by atoms with E-state index >= 15 is 0 Å². The number of aryl methyl sites for hydroxylation is 2. The molecule has 18 heavy (non-hydrogen) atoms. The summed E-state index contributed by atoms with van der Waals surface area (Å²) in [5.41, 5.74) is 3.28. The molecular weight excluding hydrogens is 228 g/mol. The highest BCUT2D eigenvalue weighted by Crippen LogP contribution is 2.17. The Hall–Kier alpha value is -2.10. The molecule has 0 radical (unpaired) electrons. The second kappa shape index (κ2) is 5.49. The number of ether oxygens (including phenoxy) is 1. The van der Waals surface area contributed by atoms with Crippen molar-refractivity contribution in [3.05, 3.63) is 47.8 Å². The van der Waals surface area contributed by atoms with Gasteiger partial charge in [-0.25, -0.2) is 4.68 Å². The third-order valence-corrected chi connectivity index (χ3v) is 2.82. The van der Waals surface area contributed by atoms with Crippen molar-refractivity contribution in [3.8, 4) is 5.69 Å². The molecule has 0 N–H and O–H groups in total. The fourth-order valence-corrected chi connectivity index (χ4v) is 1.85. The lowest BCUT2D eigenvalue weighted by Gasteiger charge is -2.10. The van der Waals surface area contributed by atoms with E-state index in [-0.39, 0.29) is 5.97 Å². The van der Waals surface area contributed by atoms with Gasteiger partial charge in [0.15, 0.2) is 0 Å². The average Bonchev–Trinajstić information content (AvgIpc) is 2.90. The first-order chi connectivity index (χ1) is 8.70. The largest absolute Gasteiger partial charge is 0.469 e. The summed E-state index contributed by atoms with van der Waals surface area (Å²) in [4.78, 5) is 11.2. The average molecular weight is 244 g/mol. The maximum Gasteiger partial charge on any atom is 0.305 e. The molecular formula is C14H16N2O2. The van der Waals surface area contributed by atoms with Crippen molar-refractivity contribution in [3.63, 3.8) is 0 Å². The Balaban J connectivity index is 2.27. The summed E-state index contributed by atoms with van der Waals surface area (Å²) in [6, 6.07) is 8.03. The normalized spacial score (nSPS) is 10.3. The van der Waals surface area contributed by atoms with Crippen molar-refractivity contribution in [2.24, 2.45) is 0 Å². The van der Waals surface area contributed by atoms with Crippen LogP contribution in [-0.2, 0) is 16.0 Å². The van der Waals surface area contributed by atoms with Crippen LogP contribution < -0.4 is 0 Å². The third kappa shape index (κ3) is 2.77. The minimum absolute atomic E-state index is 0.193. The van der Waals surface area contributed by atoms with Gasteiger partial charge in [0.05, 0.1) is 12.8 Å². The molecule has 94 valence electrons. The van der Waals surface area contributed by atoms with E-state index in [4.69, 9.17) is 0 Å². The highest BCUT2D eigenvalue weighted by Gasteiger charge is 2.08. The highest BCUT2D eigenvalue weighted by atomic mass is 16.5. The number of benzene rings is 1. The fourth-order valence-electron chi connectivity index (χ4n) is 1.85. The molecule has 2 rings (SSSR count).